The van der Waals surface area contributed by atoms with Gasteiger partial charge in [-0.1, -0.05) is 6.92 Å². The molecular formula is C17H28N2O5. The largest absolute Gasteiger partial charge is 0.481 e. The Bertz CT molecular complexity index is 505. The first-order chi connectivity index (χ1) is 11.2. The smallest absolute Gasteiger partial charge is 0.303 e. The molecule has 1 aliphatic rings. The Morgan fingerprint density at radius 2 is 1.96 bits per heavy atom. The van der Waals surface area contributed by atoms with Crippen molar-refractivity contribution in [2.75, 3.05) is 19.6 Å². The van der Waals surface area contributed by atoms with Gasteiger partial charge in [-0.25, -0.2) is 0 Å². The Morgan fingerprint density at radius 3 is 2.50 bits per heavy atom. The van der Waals surface area contributed by atoms with Crippen LogP contribution in [0.25, 0.3) is 0 Å². The maximum atomic E-state index is 12.8. The van der Waals surface area contributed by atoms with Crippen LogP contribution in [0, 0.1) is 5.92 Å². The summed E-state index contributed by atoms with van der Waals surface area (Å²) in [5.41, 5.74) is -0.899. The molecule has 1 aliphatic heterocycles. The van der Waals surface area contributed by atoms with E-state index in [0.717, 1.165) is 6.42 Å². The lowest BCUT2D eigenvalue weighted by atomic mass is 9.84. The first kappa shape index (κ1) is 20.3. The third kappa shape index (κ3) is 5.12. The highest BCUT2D eigenvalue weighted by Gasteiger charge is 2.45. The molecule has 2 atom stereocenters. The van der Waals surface area contributed by atoms with E-state index >= 15 is 0 Å². The second-order valence-corrected chi connectivity index (χ2v) is 6.57. The van der Waals surface area contributed by atoms with Crippen LogP contribution in [-0.4, -0.2) is 58.6 Å². The number of carboxylic acid groups (broad SMARTS) is 1. The lowest BCUT2D eigenvalue weighted by molar-refractivity contribution is -0.143. The summed E-state index contributed by atoms with van der Waals surface area (Å²) in [5, 5.41) is 11.8. The zero-order valence-electron chi connectivity index (χ0n) is 14.8. The van der Waals surface area contributed by atoms with E-state index in [1.54, 1.807) is 11.8 Å². The van der Waals surface area contributed by atoms with E-state index < -0.39 is 17.4 Å². The topological polar surface area (TPSA) is 104 Å². The van der Waals surface area contributed by atoms with Crippen LogP contribution in [0.3, 0.4) is 0 Å². The molecule has 7 nitrogen and oxygen atoms in total. The number of aliphatic carboxylic acids is 1. The molecule has 2 N–H and O–H groups in total. The summed E-state index contributed by atoms with van der Waals surface area (Å²) >= 11 is 0. The third-order valence-corrected chi connectivity index (χ3v) is 4.78. The number of likely N-dealkylation sites (N-methyl/N-ethyl adjacent to an activating group) is 1. The summed E-state index contributed by atoms with van der Waals surface area (Å²) < 4.78 is 0. The van der Waals surface area contributed by atoms with Crippen LogP contribution >= 0.6 is 0 Å². The first-order valence-electron chi connectivity index (χ1n) is 8.49. The zero-order chi connectivity index (χ0) is 18.3. The fraction of sp³-hybridized carbons (Fsp3) is 0.765. The summed E-state index contributed by atoms with van der Waals surface area (Å²) in [6.07, 6.45) is 1.33. The number of Topliss-reactive ketones (excluding diaryl/α,β-unsaturated/α-hetero) is 2. The summed E-state index contributed by atoms with van der Waals surface area (Å²) in [6, 6.07) is 0. The van der Waals surface area contributed by atoms with Crippen LogP contribution in [-0.2, 0) is 19.2 Å². The molecule has 1 rings (SSSR count). The van der Waals surface area contributed by atoms with Crippen molar-refractivity contribution in [2.45, 2.75) is 58.4 Å². The number of amides is 1. The number of hydrogen-bond donors (Lipinski definition) is 2. The van der Waals surface area contributed by atoms with Crippen molar-refractivity contribution in [3.05, 3.63) is 0 Å². The van der Waals surface area contributed by atoms with E-state index in [0.29, 0.717) is 19.5 Å². The van der Waals surface area contributed by atoms with Gasteiger partial charge in [-0.3, -0.25) is 19.2 Å². The molecule has 0 aromatic carbocycles. The van der Waals surface area contributed by atoms with Crippen LogP contribution in [0.5, 0.6) is 0 Å². The molecule has 1 amide bonds. The van der Waals surface area contributed by atoms with Gasteiger partial charge in [0.1, 0.15) is 5.78 Å². The predicted molar refractivity (Wildman–Crippen MR) is 88.6 cm³/mol. The van der Waals surface area contributed by atoms with Gasteiger partial charge in [0, 0.05) is 25.3 Å². The van der Waals surface area contributed by atoms with Gasteiger partial charge in [0.05, 0.1) is 12.1 Å². The highest BCUT2D eigenvalue weighted by molar-refractivity contribution is 5.96. The molecule has 24 heavy (non-hydrogen) atoms. The second kappa shape index (κ2) is 8.92. The van der Waals surface area contributed by atoms with Crippen LogP contribution in [0.2, 0.25) is 0 Å². The van der Waals surface area contributed by atoms with Gasteiger partial charge in [0.15, 0.2) is 5.78 Å². The van der Waals surface area contributed by atoms with Crippen LogP contribution in [0.4, 0.5) is 0 Å². The van der Waals surface area contributed by atoms with Gasteiger partial charge >= 0.3 is 5.97 Å². The Hall–Kier alpha value is -1.76. The SMILES string of the molecule is CCNCC(=O)N1CCCC1(C)C(=O)CC(CCC(=O)O)C(C)=O. The summed E-state index contributed by atoms with van der Waals surface area (Å²) in [4.78, 5) is 49.2. The minimum atomic E-state index is -0.983. The number of carbonyl (C=O) groups excluding carboxylic acids is 3. The van der Waals surface area contributed by atoms with E-state index in [9.17, 15) is 19.2 Å². The number of carboxylic acids is 1. The highest BCUT2D eigenvalue weighted by Crippen LogP contribution is 2.32. The molecule has 0 radical (unpaired) electrons. The number of likely N-dealkylation sites (tertiary alicyclic amines) is 1. The van der Waals surface area contributed by atoms with Crippen molar-refractivity contribution in [3.8, 4) is 0 Å². The van der Waals surface area contributed by atoms with Gasteiger partial charge < -0.3 is 15.3 Å². The lowest BCUT2D eigenvalue weighted by Gasteiger charge is -2.35. The number of nitrogens with zero attached hydrogens (tertiary/aromatic N) is 1. The van der Waals surface area contributed by atoms with Crippen molar-refractivity contribution in [1.82, 2.24) is 10.2 Å². The molecule has 0 aromatic rings. The minimum Gasteiger partial charge on any atom is -0.481 e. The maximum Gasteiger partial charge on any atom is 0.303 e. The molecule has 0 bridgehead atoms. The van der Waals surface area contributed by atoms with Crippen molar-refractivity contribution in [3.63, 3.8) is 0 Å². The lowest BCUT2D eigenvalue weighted by Crippen LogP contribution is -2.53. The average Bonchev–Trinajstić information content (AvgIpc) is 2.91. The van der Waals surface area contributed by atoms with Gasteiger partial charge in [-0.15, -0.1) is 0 Å². The minimum absolute atomic E-state index is 0.00982. The molecule has 0 saturated carbocycles. The summed E-state index contributed by atoms with van der Waals surface area (Å²) in [7, 11) is 0. The molecule has 0 aliphatic carbocycles. The fourth-order valence-corrected chi connectivity index (χ4v) is 3.17. The molecule has 136 valence electrons. The molecule has 2 unspecified atom stereocenters. The van der Waals surface area contributed by atoms with Crippen molar-refractivity contribution in [2.24, 2.45) is 5.92 Å². The number of hydrogen-bond acceptors (Lipinski definition) is 5. The van der Waals surface area contributed by atoms with Crippen molar-refractivity contribution in [1.29, 1.82) is 0 Å². The molecule has 1 saturated heterocycles. The fourth-order valence-electron chi connectivity index (χ4n) is 3.17. The molecule has 7 heteroatoms. The second-order valence-electron chi connectivity index (χ2n) is 6.57. The van der Waals surface area contributed by atoms with Gasteiger partial charge in [0.2, 0.25) is 5.91 Å². The number of nitrogens with one attached hydrogen (secondary N) is 1. The quantitative estimate of drug-likeness (QED) is 0.615. The monoisotopic (exact) mass is 340 g/mol. The Balaban J connectivity index is 2.79. The highest BCUT2D eigenvalue weighted by atomic mass is 16.4. The maximum absolute atomic E-state index is 12.8. The Kier molecular flexibility index (Phi) is 7.54. The zero-order valence-corrected chi connectivity index (χ0v) is 14.8. The van der Waals surface area contributed by atoms with E-state index in [1.807, 2.05) is 6.92 Å². The van der Waals surface area contributed by atoms with E-state index in [4.69, 9.17) is 5.11 Å². The third-order valence-electron chi connectivity index (χ3n) is 4.78. The number of ketones is 2. The predicted octanol–water partition coefficient (Wildman–Crippen LogP) is 1.01. The van der Waals surface area contributed by atoms with Crippen LogP contribution < -0.4 is 5.32 Å². The number of carbonyl (C=O) groups is 4. The Morgan fingerprint density at radius 1 is 1.29 bits per heavy atom. The van der Waals surface area contributed by atoms with Crippen LogP contribution in [0.1, 0.15) is 52.9 Å². The first-order valence-corrected chi connectivity index (χ1v) is 8.49. The normalized spacial score (nSPS) is 21.5. The number of rotatable bonds is 10. The standard InChI is InChI=1S/C17H28N2O5/c1-4-18-11-15(22)19-9-5-8-17(19,3)14(21)10-13(12(2)20)6-7-16(23)24/h13,18H,4-11H2,1-3H3,(H,23,24). The van der Waals surface area contributed by atoms with E-state index in [1.165, 1.54) is 6.92 Å². The van der Waals surface area contributed by atoms with Gasteiger partial charge in [0.25, 0.3) is 0 Å². The molecule has 0 aromatic heterocycles. The molecular weight excluding hydrogens is 312 g/mol. The summed E-state index contributed by atoms with van der Waals surface area (Å²) in [6.45, 7) is 6.43. The van der Waals surface area contributed by atoms with E-state index in [2.05, 4.69) is 5.32 Å². The molecule has 0 spiro atoms. The average molecular weight is 340 g/mol. The van der Waals surface area contributed by atoms with Crippen LogP contribution in [0.15, 0.2) is 0 Å². The van der Waals surface area contributed by atoms with Gasteiger partial charge in [-0.2, -0.15) is 0 Å². The molecule has 1 fully saturated rings. The van der Waals surface area contributed by atoms with Crippen molar-refractivity contribution >= 4 is 23.4 Å². The Labute approximate surface area is 142 Å². The van der Waals surface area contributed by atoms with Crippen molar-refractivity contribution < 1.29 is 24.3 Å². The van der Waals surface area contributed by atoms with Gasteiger partial charge in [-0.05, 0) is 39.7 Å². The molecule has 1 heterocycles. The van der Waals surface area contributed by atoms with E-state index in [-0.39, 0.29) is 43.3 Å². The summed E-state index contributed by atoms with van der Waals surface area (Å²) in [5.74, 6) is -2.04.